The molecule has 1 aromatic heterocycles. The summed E-state index contributed by atoms with van der Waals surface area (Å²) in [5, 5.41) is 4.57. The number of hydrogen-bond donors (Lipinski definition) is 0. The predicted molar refractivity (Wildman–Crippen MR) is 71.0 cm³/mol. The zero-order valence-electron chi connectivity index (χ0n) is 10.2. The number of aryl methyl sites for hydroxylation is 1. The van der Waals surface area contributed by atoms with Crippen molar-refractivity contribution in [2.45, 2.75) is 56.8 Å². The third kappa shape index (κ3) is 3.34. The summed E-state index contributed by atoms with van der Waals surface area (Å²) >= 11 is 3.78. The lowest BCUT2D eigenvalue weighted by atomic mass is 10.1. The molecular formula is C13H21BrN2. The minimum atomic E-state index is 0.476. The molecule has 0 amide bonds. The number of aromatic nitrogens is 2. The fraction of sp³-hybridized carbons (Fsp3) is 0.769. The van der Waals surface area contributed by atoms with E-state index in [9.17, 15) is 0 Å². The molecule has 0 aromatic carbocycles. The lowest BCUT2D eigenvalue weighted by Gasteiger charge is -2.06. The van der Waals surface area contributed by atoms with Gasteiger partial charge in [0.1, 0.15) is 0 Å². The van der Waals surface area contributed by atoms with Crippen molar-refractivity contribution in [2.24, 2.45) is 5.92 Å². The Morgan fingerprint density at radius 1 is 1.50 bits per heavy atom. The van der Waals surface area contributed by atoms with Crippen molar-refractivity contribution in [3.63, 3.8) is 0 Å². The molecule has 1 saturated carbocycles. The van der Waals surface area contributed by atoms with Gasteiger partial charge in [0.2, 0.25) is 0 Å². The van der Waals surface area contributed by atoms with E-state index in [1.807, 2.05) is 4.68 Å². The number of hydrogen-bond acceptors (Lipinski definition) is 1. The molecule has 2 nitrogen and oxygen atoms in total. The van der Waals surface area contributed by atoms with Gasteiger partial charge in [-0.05, 0) is 57.9 Å². The molecule has 0 N–H and O–H groups in total. The molecule has 16 heavy (non-hydrogen) atoms. The van der Waals surface area contributed by atoms with Crippen LogP contribution in [-0.4, -0.2) is 14.6 Å². The molecule has 1 atom stereocenters. The normalized spacial score (nSPS) is 18.0. The van der Waals surface area contributed by atoms with Crippen LogP contribution in [0.2, 0.25) is 0 Å². The largest absolute Gasteiger partial charge is 0.270 e. The molecule has 2 rings (SSSR count). The summed E-state index contributed by atoms with van der Waals surface area (Å²) in [5.74, 6) is 0.966. The molecule has 0 saturated heterocycles. The van der Waals surface area contributed by atoms with Gasteiger partial charge in [-0.2, -0.15) is 5.10 Å². The van der Waals surface area contributed by atoms with Crippen molar-refractivity contribution in [1.29, 1.82) is 0 Å². The van der Waals surface area contributed by atoms with Crippen LogP contribution in [0.3, 0.4) is 0 Å². The van der Waals surface area contributed by atoms with Gasteiger partial charge < -0.3 is 0 Å². The van der Waals surface area contributed by atoms with E-state index >= 15 is 0 Å². The van der Waals surface area contributed by atoms with Gasteiger partial charge >= 0.3 is 0 Å². The van der Waals surface area contributed by atoms with E-state index in [-0.39, 0.29) is 0 Å². The third-order valence-corrected chi connectivity index (χ3v) is 4.44. The number of rotatable bonds is 6. The zero-order chi connectivity index (χ0) is 11.5. The van der Waals surface area contributed by atoms with E-state index in [1.54, 1.807) is 0 Å². The van der Waals surface area contributed by atoms with Crippen LogP contribution < -0.4 is 0 Å². The number of halogens is 1. The van der Waals surface area contributed by atoms with Crippen molar-refractivity contribution in [3.8, 4) is 0 Å². The summed E-state index contributed by atoms with van der Waals surface area (Å²) in [6.07, 6.45) is 8.61. The monoisotopic (exact) mass is 284 g/mol. The SMILES string of the molecule is CC(C)n1ccc(CCCC(Br)C2CC2)n1. The Labute approximate surface area is 107 Å². The molecule has 0 aliphatic heterocycles. The molecule has 0 spiro atoms. The molecule has 1 fully saturated rings. The Bertz CT molecular complexity index is 328. The summed E-state index contributed by atoms with van der Waals surface area (Å²) in [4.78, 5) is 0.750. The average Bonchev–Trinajstić information content (AvgIpc) is 2.98. The Morgan fingerprint density at radius 2 is 2.25 bits per heavy atom. The van der Waals surface area contributed by atoms with Crippen LogP contribution in [0.1, 0.15) is 51.3 Å². The standard InChI is InChI=1S/C13H21BrN2/c1-10(2)16-9-8-12(15-16)4-3-5-13(14)11-6-7-11/h8-11,13H,3-7H2,1-2H3. The second kappa shape index (κ2) is 5.35. The second-order valence-electron chi connectivity index (χ2n) is 5.13. The van der Waals surface area contributed by atoms with Crippen LogP contribution in [0, 0.1) is 5.92 Å². The molecule has 0 radical (unpaired) electrons. The molecule has 0 bridgehead atoms. The maximum Gasteiger partial charge on any atom is 0.0624 e. The predicted octanol–water partition coefficient (Wildman–Crippen LogP) is 3.96. The van der Waals surface area contributed by atoms with Crippen LogP contribution in [0.15, 0.2) is 12.3 Å². The van der Waals surface area contributed by atoms with Gasteiger partial charge in [0.15, 0.2) is 0 Å². The molecular weight excluding hydrogens is 264 g/mol. The third-order valence-electron chi connectivity index (χ3n) is 3.24. The first kappa shape index (κ1) is 12.2. The van der Waals surface area contributed by atoms with Gasteiger partial charge in [0, 0.05) is 17.1 Å². The number of alkyl halides is 1. The van der Waals surface area contributed by atoms with Crippen molar-refractivity contribution < 1.29 is 0 Å². The Hall–Kier alpha value is -0.310. The Kier molecular flexibility index (Phi) is 4.06. The highest BCUT2D eigenvalue weighted by atomic mass is 79.9. The molecule has 1 aromatic rings. The van der Waals surface area contributed by atoms with Crippen molar-refractivity contribution in [1.82, 2.24) is 9.78 Å². The molecule has 1 unspecified atom stereocenters. The van der Waals surface area contributed by atoms with Crippen molar-refractivity contribution in [2.75, 3.05) is 0 Å². The first-order valence-electron chi connectivity index (χ1n) is 6.35. The van der Waals surface area contributed by atoms with Gasteiger partial charge in [-0.3, -0.25) is 4.68 Å². The van der Waals surface area contributed by atoms with Crippen LogP contribution in [0.4, 0.5) is 0 Å². The van der Waals surface area contributed by atoms with E-state index in [4.69, 9.17) is 0 Å². The van der Waals surface area contributed by atoms with Crippen LogP contribution in [0.25, 0.3) is 0 Å². The fourth-order valence-corrected chi connectivity index (χ4v) is 2.82. The maximum atomic E-state index is 4.57. The van der Waals surface area contributed by atoms with Crippen LogP contribution in [-0.2, 0) is 6.42 Å². The highest BCUT2D eigenvalue weighted by molar-refractivity contribution is 9.09. The smallest absolute Gasteiger partial charge is 0.0624 e. The maximum absolute atomic E-state index is 4.57. The van der Waals surface area contributed by atoms with E-state index in [0.717, 1.165) is 17.2 Å². The summed E-state index contributed by atoms with van der Waals surface area (Å²) in [6.45, 7) is 4.33. The van der Waals surface area contributed by atoms with Gasteiger partial charge in [-0.15, -0.1) is 0 Å². The summed E-state index contributed by atoms with van der Waals surface area (Å²) in [6, 6.07) is 2.63. The lowest BCUT2D eigenvalue weighted by Crippen LogP contribution is -2.03. The van der Waals surface area contributed by atoms with E-state index in [1.165, 1.54) is 31.4 Å². The summed E-state index contributed by atoms with van der Waals surface area (Å²) in [7, 11) is 0. The number of nitrogens with zero attached hydrogens (tertiary/aromatic N) is 2. The fourth-order valence-electron chi connectivity index (χ4n) is 1.97. The van der Waals surface area contributed by atoms with Crippen molar-refractivity contribution >= 4 is 15.9 Å². The van der Waals surface area contributed by atoms with Gasteiger partial charge in [0.05, 0.1) is 5.69 Å². The molecule has 1 aliphatic rings. The van der Waals surface area contributed by atoms with E-state index in [2.05, 4.69) is 47.1 Å². The lowest BCUT2D eigenvalue weighted by molar-refractivity contribution is 0.523. The van der Waals surface area contributed by atoms with E-state index < -0.39 is 0 Å². The van der Waals surface area contributed by atoms with Gasteiger partial charge in [0.25, 0.3) is 0 Å². The van der Waals surface area contributed by atoms with Gasteiger partial charge in [-0.1, -0.05) is 15.9 Å². The summed E-state index contributed by atoms with van der Waals surface area (Å²) < 4.78 is 2.04. The minimum absolute atomic E-state index is 0.476. The highest BCUT2D eigenvalue weighted by Gasteiger charge is 2.28. The average molecular weight is 285 g/mol. The van der Waals surface area contributed by atoms with E-state index in [0.29, 0.717) is 6.04 Å². The quantitative estimate of drug-likeness (QED) is 0.723. The summed E-state index contributed by atoms with van der Waals surface area (Å²) in [5.41, 5.74) is 1.24. The van der Waals surface area contributed by atoms with Crippen molar-refractivity contribution in [3.05, 3.63) is 18.0 Å². The van der Waals surface area contributed by atoms with Crippen LogP contribution >= 0.6 is 15.9 Å². The van der Waals surface area contributed by atoms with Gasteiger partial charge in [-0.25, -0.2) is 0 Å². The Morgan fingerprint density at radius 3 is 2.81 bits per heavy atom. The zero-order valence-corrected chi connectivity index (χ0v) is 11.8. The molecule has 1 heterocycles. The first-order chi connectivity index (χ1) is 7.66. The molecule has 1 aliphatic carbocycles. The molecule has 90 valence electrons. The Balaban J connectivity index is 1.71. The molecule has 3 heteroatoms. The second-order valence-corrected chi connectivity index (χ2v) is 6.30. The topological polar surface area (TPSA) is 17.8 Å². The first-order valence-corrected chi connectivity index (χ1v) is 7.26. The minimum Gasteiger partial charge on any atom is -0.270 e. The highest BCUT2D eigenvalue weighted by Crippen LogP contribution is 2.38. The van der Waals surface area contributed by atoms with Crippen LogP contribution in [0.5, 0.6) is 0 Å².